The van der Waals surface area contributed by atoms with Crippen molar-refractivity contribution >= 4 is 34.6 Å². The van der Waals surface area contributed by atoms with Crippen LogP contribution in [0.1, 0.15) is 11.3 Å². The first-order chi connectivity index (χ1) is 6.66. The lowest BCUT2D eigenvalue weighted by Crippen LogP contribution is -2.19. The summed E-state index contributed by atoms with van der Waals surface area (Å²) in [5, 5.41) is 14.8. The summed E-state index contributed by atoms with van der Waals surface area (Å²) in [6.45, 7) is 0. The zero-order valence-electron chi connectivity index (χ0n) is 6.94. The Morgan fingerprint density at radius 3 is 3.07 bits per heavy atom. The molecular formula is C8H6ClNO3S. The van der Waals surface area contributed by atoms with E-state index in [1.54, 1.807) is 11.4 Å². The van der Waals surface area contributed by atoms with E-state index in [1.807, 2.05) is 0 Å². The van der Waals surface area contributed by atoms with Crippen molar-refractivity contribution in [2.45, 2.75) is 12.5 Å². The van der Waals surface area contributed by atoms with Gasteiger partial charge in [0.1, 0.15) is 5.71 Å². The molecule has 1 N–H and O–H groups in total. The maximum Gasteiger partial charge on any atom is 0.348 e. The predicted molar refractivity (Wildman–Crippen MR) is 53.0 cm³/mol. The molecule has 2 heterocycles. The topological polar surface area (TPSA) is 58.9 Å². The quantitative estimate of drug-likeness (QED) is 0.847. The lowest BCUT2D eigenvalue weighted by molar-refractivity contribution is -0.148. The molecule has 0 spiro atoms. The van der Waals surface area contributed by atoms with Crippen LogP contribution >= 0.6 is 22.9 Å². The van der Waals surface area contributed by atoms with Gasteiger partial charge in [-0.15, -0.1) is 11.3 Å². The molecule has 1 aromatic heterocycles. The number of carbonyl (C=O) groups is 1. The highest BCUT2D eigenvalue weighted by Gasteiger charge is 2.28. The molecule has 1 unspecified atom stereocenters. The maximum atomic E-state index is 10.6. The lowest BCUT2D eigenvalue weighted by Gasteiger charge is -1.98. The molecule has 1 atom stereocenters. The zero-order valence-corrected chi connectivity index (χ0v) is 8.51. The van der Waals surface area contributed by atoms with E-state index in [0.717, 1.165) is 4.88 Å². The summed E-state index contributed by atoms with van der Waals surface area (Å²) in [5.41, 5.74) is 0.648. The van der Waals surface area contributed by atoms with Crippen LogP contribution in [0.4, 0.5) is 0 Å². The number of hydrogen-bond donors (Lipinski definition) is 1. The van der Waals surface area contributed by atoms with Crippen LogP contribution in [0, 0.1) is 0 Å². The van der Waals surface area contributed by atoms with Crippen molar-refractivity contribution in [2.24, 2.45) is 5.16 Å². The van der Waals surface area contributed by atoms with Gasteiger partial charge < -0.3 is 9.94 Å². The third kappa shape index (κ3) is 1.73. The summed E-state index contributed by atoms with van der Waals surface area (Å²) in [6, 6.07) is 1.75. The smallest absolute Gasteiger partial charge is 0.348 e. The van der Waals surface area contributed by atoms with Gasteiger partial charge in [-0.1, -0.05) is 16.8 Å². The van der Waals surface area contributed by atoms with Crippen molar-refractivity contribution in [1.29, 1.82) is 0 Å². The minimum absolute atomic E-state index is 0.298. The predicted octanol–water partition coefficient (Wildman–Crippen LogP) is 1.98. The van der Waals surface area contributed by atoms with Gasteiger partial charge in [0.25, 0.3) is 0 Å². The first-order valence-corrected chi connectivity index (χ1v) is 5.12. The van der Waals surface area contributed by atoms with Gasteiger partial charge in [0.2, 0.25) is 6.10 Å². The van der Waals surface area contributed by atoms with Crippen molar-refractivity contribution in [2.75, 3.05) is 0 Å². The van der Waals surface area contributed by atoms with Crippen LogP contribution < -0.4 is 0 Å². The molecule has 1 aromatic rings. The Labute approximate surface area is 88.7 Å². The Kier molecular flexibility index (Phi) is 2.43. The van der Waals surface area contributed by atoms with Crippen LogP contribution in [0.15, 0.2) is 16.6 Å². The first-order valence-electron chi connectivity index (χ1n) is 3.86. The van der Waals surface area contributed by atoms with Crippen LogP contribution in [0.5, 0.6) is 0 Å². The average Bonchev–Trinajstić information content (AvgIpc) is 2.70. The van der Waals surface area contributed by atoms with Crippen molar-refractivity contribution < 1.29 is 14.7 Å². The first kappa shape index (κ1) is 9.48. The van der Waals surface area contributed by atoms with Gasteiger partial charge in [0.05, 0.1) is 9.90 Å². The second-order valence-electron chi connectivity index (χ2n) is 2.80. The number of rotatable bonds is 2. The molecule has 1 aliphatic rings. The minimum Gasteiger partial charge on any atom is -0.478 e. The number of thiophene rings is 1. The summed E-state index contributed by atoms with van der Waals surface area (Å²) < 4.78 is 0. The van der Waals surface area contributed by atoms with Crippen molar-refractivity contribution in [3.05, 3.63) is 21.3 Å². The number of oxime groups is 1. The fourth-order valence-corrected chi connectivity index (χ4v) is 2.19. The molecule has 2 rings (SSSR count). The number of carboxylic acids is 1. The van der Waals surface area contributed by atoms with Gasteiger partial charge >= 0.3 is 5.97 Å². The molecule has 0 bridgehead atoms. The lowest BCUT2D eigenvalue weighted by atomic mass is 10.1. The Morgan fingerprint density at radius 1 is 1.79 bits per heavy atom. The Bertz CT molecular complexity index is 401. The molecule has 14 heavy (non-hydrogen) atoms. The van der Waals surface area contributed by atoms with Gasteiger partial charge in [0, 0.05) is 11.8 Å². The van der Waals surface area contributed by atoms with E-state index in [0.29, 0.717) is 17.2 Å². The van der Waals surface area contributed by atoms with E-state index in [-0.39, 0.29) is 0 Å². The number of halogens is 1. The van der Waals surface area contributed by atoms with Crippen molar-refractivity contribution in [1.82, 2.24) is 0 Å². The van der Waals surface area contributed by atoms with Gasteiger partial charge in [-0.2, -0.15) is 0 Å². The summed E-state index contributed by atoms with van der Waals surface area (Å²) in [7, 11) is 0. The van der Waals surface area contributed by atoms with Gasteiger partial charge in [0.15, 0.2) is 0 Å². The Balaban J connectivity index is 2.12. The highest BCUT2D eigenvalue weighted by molar-refractivity contribution is 7.12. The van der Waals surface area contributed by atoms with Gasteiger partial charge in [-0.05, 0) is 6.07 Å². The number of nitrogens with zero attached hydrogens (tertiary/aromatic N) is 1. The third-order valence-electron chi connectivity index (χ3n) is 1.80. The summed E-state index contributed by atoms with van der Waals surface area (Å²) in [5.74, 6) is -0.994. The molecule has 0 aliphatic carbocycles. The van der Waals surface area contributed by atoms with E-state index in [4.69, 9.17) is 21.5 Å². The fourth-order valence-electron chi connectivity index (χ4n) is 1.12. The Hall–Kier alpha value is -1.07. The monoisotopic (exact) mass is 231 g/mol. The third-order valence-corrected chi connectivity index (χ3v) is 3.12. The normalized spacial score (nSPS) is 20.4. The Morgan fingerprint density at radius 2 is 2.57 bits per heavy atom. The number of aliphatic carboxylic acids is 1. The average molecular weight is 232 g/mol. The standard InChI is InChI=1S/C8H6ClNO3S/c9-4-1-7(14-3-4)5-2-6(8(11)12)13-10-5/h1,3,6H,2H2,(H,11,12). The van der Waals surface area contributed by atoms with E-state index in [1.165, 1.54) is 11.3 Å². The molecule has 74 valence electrons. The molecular weight excluding hydrogens is 226 g/mol. The van der Waals surface area contributed by atoms with E-state index < -0.39 is 12.1 Å². The van der Waals surface area contributed by atoms with Crippen LogP contribution in [0.2, 0.25) is 5.02 Å². The van der Waals surface area contributed by atoms with Crippen LogP contribution in [-0.4, -0.2) is 22.9 Å². The highest BCUT2D eigenvalue weighted by Crippen LogP contribution is 2.24. The molecule has 0 aromatic carbocycles. The van der Waals surface area contributed by atoms with Crippen LogP contribution in [0.3, 0.4) is 0 Å². The minimum atomic E-state index is -0.994. The highest BCUT2D eigenvalue weighted by atomic mass is 35.5. The molecule has 0 radical (unpaired) electrons. The van der Waals surface area contributed by atoms with Crippen molar-refractivity contribution in [3.8, 4) is 0 Å². The number of hydrogen-bond acceptors (Lipinski definition) is 4. The van der Waals surface area contributed by atoms with Gasteiger partial charge in [-0.25, -0.2) is 4.79 Å². The molecule has 4 nitrogen and oxygen atoms in total. The summed E-state index contributed by atoms with van der Waals surface area (Å²) in [4.78, 5) is 16.2. The zero-order chi connectivity index (χ0) is 10.1. The molecule has 0 saturated heterocycles. The van der Waals surface area contributed by atoms with Gasteiger partial charge in [-0.3, -0.25) is 0 Å². The molecule has 6 heteroatoms. The summed E-state index contributed by atoms with van der Waals surface area (Å²) in [6.07, 6.45) is -0.558. The maximum absolute atomic E-state index is 10.6. The summed E-state index contributed by atoms with van der Waals surface area (Å²) >= 11 is 7.16. The molecule has 0 saturated carbocycles. The molecule has 0 fully saturated rings. The second-order valence-corrected chi connectivity index (χ2v) is 4.15. The fraction of sp³-hybridized carbons (Fsp3) is 0.250. The second kappa shape index (κ2) is 3.59. The number of carboxylic acid groups (broad SMARTS) is 1. The van der Waals surface area contributed by atoms with E-state index in [2.05, 4.69) is 5.16 Å². The van der Waals surface area contributed by atoms with Crippen molar-refractivity contribution in [3.63, 3.8) is 0 Å². The van der Waals surface area contributed by atoms with Crippen LogP contribution in [0.25, 0.3) is 0 Å². The van der Waals surface area contributed by atoms with E-state index in [9.17, 15) is 4.79 Å². The SMILES string of the molecule is O=C(O)C1CC(c2cc(Cl)cs2)=NO1. The largest absolute Gasteiger partial charge is 0.478 e. The molecule has 0 amide bonds. The van der Waals surface area contributed by atoms with E-state index >= 15 is 0 Å². The van der Waals surface area contributed by atoms with Crippen LogP contribution in [-0.2, 0) is 9.63 Å². The molecule has 1 aliphatic heterocycles.